The van der Waals surface area contributed by atoms with Crippen LogP contribution in [-0.4, -0.2) is 58.1 Å². The number of ether oxygens (including phenoxy) is 2. The average Bonchev–Trinajstić information content (AvgIpc) is 3.16. The molecule has 9 heteroatoms. The number of guanidine groups is 1. The molecule has 0 saturated carbocycles. The molecule has 0 spiro atoms. The molecule has 0 aromatic heterocycles. The molecule has 1 aliphatic heterocycles. The number of carbonyl (C=O) groups excluding carboxylic acids is 3. The van der Waals surface area contributed by atoms with E-state index in [4.69, 9.17) is 9.47 Å². The number of rotatable bonds is 3. The minimum absolute atomic E-state index is 0.106. The molecule has 0 atom stereocenters. The van der Waals surface area contributed by atoms with Crippen LogP contribution in [0.4, 0.5) is 21.0 Å². The number of hydrogen-bond donors (Lipinski definition) is 1. The van der Waals surface area contributed by atoms with Gasteiger partial charge in [-0.15, -0.1) is 0 Å². The molecule has 1 aliphatic rings. The lowest BCUT2D eigenvalue weighted by Gasteiger charge is -2.27. The van der Waals surface area contributed by atoms with Crippen LogP contribution < -0.4 is 5.32 Å². The van der Waals surface area contributed by atoms with Crippen LogP contribution in [0.1, 0.15) is 51.9 Å². The number of aliphatic imine (C=N–C) groups is 1. The Morgan fingerprint density at radius 2 is 1.26 bits per heavy atom. The van der Waals surface area contributed by atoms with Crippen LogP contribution >= 0.6 is 0 Å². The Kier molecular flexibility index (Phi) is 7.48. The topological polar surface area (TPSA) is 101 Å². The number of amides is 3. The van der Waals surface area contributed by atoms with Gasteiger partial charge in [0.15, 0.2) is 0 Å². The third-order valence-corrected chi connectivity index (χ3v) is 4.65. The molecule has 1 saturated heterocycles. The minimum Gasteiger partial charge on any atom is -0.443 e. The molecule has 186 valence electrons. The van der Waals surface area contributed by atoms with Gasteiger partial charge in [0.05, 0.1) is 18.8 Å². The van der Waals surface area contributed by atoms with Crippen LogP contribution in [0.2, 0.25) is 0 Å². The number of hydrogen-bond acceptors (Lipinski definition) is 6. The standard InChI is InChI=1S/C26H32N4O5/c1-25(2,3)34-23(32)29-16-17-30(24(33)35-26(4,5)6)22(29)28-20-14-12-18(13-15-20)21(31)27-19-10-8-7-9-11-19/h7-15H,16-17H2,1-6H3,(H,27,31). The molecule has 3 rings (SSSR count). The van der Waals surface area contributed by atoms with Gasteiger partial charge in [0, 0.05) is 11.3 Å². The van der Waals surface area contributed by atoms with Gasteiger partial charge < -0.3 is 14.8 Å². The second-order valence-electron chi connectivity index (χ2n) is 10.0. The SMILES string of the molecule is CC(C)(C)OC(=O)N1CCN(C(=O)OC(C)(C)C)C1=Nc1ccc(C(=O)Nc2ccccc2)cc1. The van der Waals surface area contributed by atoms with Crippen molar-refractivity contribution in [3.8, 4) is 0 Å². The quantitative estimate of drug-likeness (QED) is 0.633. The molecule has 3 amide bonds. The highest BCUT2D eigenvalue weighted by Crippen LogP contribution is 2.22. The number of para-hydroxylation sites is 1. The molecule has 1 fully saturated rings. The summed E-state index contributed by atoms with van der Waals surface area (Å²) in [6.45, 7) is 11.0. The molecule has 1 N–H and O–H groups in total. The second-order valence-corrected chi connectivity index (χ2v) is 10.0. The maximum absolute atomic E-state index is 12.8. The number of benzene rings is 2. The van der Waals surface area contributed by atoms with Gasteiger partial charge in [-0.1, -0.05) is 18.2 Å². The third kappa shape index (κ3) is 7.30. The number of carbonyl (C=O) groups is 3. The summed E-state index contributed by atoms with van der Waals surface area (Å²) in [4.78, 5) is 45.3. The van der Waals surface area contributed by atoms with Gasteiger partial charge in [-0.25, -0.2) is 24.4 Å². The highest BCUT2D eigenvalue weighted by Gasteiger charge is 2.39. The Balaban J connectivity index is 1.85. The predicted molar refractivity (Wildman–Crippen MR) is 134 cm³/mol. The number of anilines is 1. The summed E-state index contributed by atoms with van der Waals surface area (Å²) in [5.74, 6) is -0.156. The first kappa shape index (κ1) is 25.7. The van der Waals surface area contributed by atoms with E-state index in [1.54, 1.807) is 77.9 Å². The zero-order valence-corrected chi connectivity index (χ0v) is 21.0. The van der Waals surface area contributed by atoms with Gasteiger partial charge in [0.2, 0.25) is 5.96 Å². The first-order valence-electron chi connectivity index (χ1n) is 11.4. The highest BCUT2D eigenvalue weighted by molar-refractivity contribution is 6.05. The van der Waals surface area contributed by atoms with E-state index in [1.807, 2.05) is 18.2 Å². The summed E-state index contributed by atoms with van der Waals surface area (Å²) >= 11 is 0. The monoisotopic (exact) mass is 480 g/mol. The molecular formula is C26H32N4O5. The minimum atomic E-state index is -0.713. The van der Waals surface area contributed by atoms with E-state index < -0.39 is 23.4 Å². The number of nitrogens with zero attached hydrogens (tertiary/aromatic N) is 3. The van der Waals surface area contributed by atoms with Gasteiger partial charge in [-0.3, -0.25) is 4.79 Å². The van der Waals surface area contributed by atoms with E-state index in [0.29, 0.717) is 16.9 Å². The molecular weight excluding hydrogens is 448 g/mol. The van der Waals surface area contributed by atoms with E-state index in [2.05, 4.69) is 10.3 Å². The molecule has 2 aromatic carbocycles. The molecule has 0 aliphatic carbocycles. The lowest BCUT2D eigenvalue weighted by Crippen LogP contribution is -2.44. The fraction of sp³-hybridized carbons (Fsp3) is 0.385. The van der Waals surface area contributed by atoms with Crippen molar-refractivity contribution in [3.05, 3.63) is 60.2 Å². The van der Waals surface area contributed by atoms with Crippen molar-refractivity contribution in [2.45, 2.75) is 52.7 Å². The van der Waals surface area contributed by atoms with Crippen molar-refractivity contribution in [1.82, 2.24) is 9.80 Å². The Morgan fingerprint density at radius 3 is 1.71 bits per heavy atom. The van der Waals surface area contributed by atoms with Gasteiger partial charge in [-0.05, 0) is 77.9 Å². The van der Waals surface area contributed by atoms with Crippen molar-refractivity contribution in [2.75, 3.05) is 18.4 Å². The molecule has 0 radical (unpaired) electrons. The van der Waals surface area contributed by atoms with Crippen molar-refractivity contribution < 1.29 is 23.9 Å². The van der Waals surface area contributed by atoms with Crippen LogP contribution in [0.25, 0.3) is 0 Å². The van der Waals surface area contributed by atoms with Crippen LogP contribution in [0.15, 0.2) is 59.6 Å². The fourth-order valence-corrected chi connectivity index (χ4v) is 3.17. The van der Waals surface area contributed by atoms with E-state index in [9.17, 15) is 14.4 Å². The summed E-state index contributed by atoms with van der Waals surface area (Å²) in [5.41, 5.74) is 0.163. The van der Waals surface area contributed by atoms with Gasteiger partial charge >= 0.3 is 12.2 Å². The van der Waals surface area contributed by atoms with E-state index in [-0.39, 0.29) is 25.0 Å². The highest BCUT2D eigenvalue weighted by atomic mass is 16.6. The molecule has 0 bridgehead atoms. The van der Waals surface area contributed by atoms with E-state index in [1.165, 1.54) is 9.80 Å². The van der Waals surface area contributed by atoms with E-state index >= 15 is 0 Å². The Bertz CT molecular complexity index is 1060. The molecule has 1 heterocycles. The van der Waals surface area contributed by atoms with Gasteiger partial charge in [-0.2, -0.15) is 0 Å². The average molecular weight is 481 g/mol. The molecule has 2 aromatic rings. The smallest absolute Gasteiger partial charge is 0.417 e. The summed E-state index contributed by atoms with van der Waals surface area (Å²) in [6, 6.07) is 15.7. The molecule has 9 nitrogen and oxygen atoms in total. The molecule has 0 unspecified atom stereocenters. The zero-order chi connectivity index (χ0) is 25.8. The lowest BCUT2D eigenvalue weighted by molar-refractivity contribution is 0.0374. The first-order valence-corrected chi connectivity index (χ1v) is 11.4. The van der Waals surface area contributed by atoms with Crippen molar-refractivity contribution in [2.24, 2.45) is 4.99 Å². The fourth-order valence-electron chi connectivity index (χ4n) is 3.17. The second kappa shape index (κ2) is 10.2. The van der Waals surface area contributed by atoms with Crippen molar-refractivity contribution in [3.63, 3.8) is 0 Å². The maximum Gasteiger partial charge on any atom is 0.417 e. The summed E-state index contributed by atoms with van der Waals surface area (Å²) in [7, 11) is 0. The zero-order valence-electron chi connectivity index (χ0n) is 21.0. The first-order chi connectivity index (χ1) is 16.3. The number of nitrogens with one attached hydrogen (secondary N) is 1. The summed E-state index contributed by atoms with van der Waals surface area (Å²) in [5, 5.41) is 2.82. The van der Waals surface area contributed by atoms with Crippen LogP contribution in [0, 0.1) is 0 Å². The maximum atomic E-state index is 12.8. The summed E-state index contributed by atoms with van der Waals surface area (Å²) in [6.07, 6.45) is -1.22. The Labute approximate surface area is 205 Å². The largest absolute Gasteiger partial charge is 0.443 e. The lowest BCUT2D eigenvalue weighted by atomic mass is 10.2. The Morgan fingerprint density at radius 1 is 0.771 bits per heavy atom. The van der Waals surface area contributed by atoms with E-state index in [0.717, 1.165) is 0 Å². The van der Waals surface area contributed by atoms with Gasteiger partial charge in [0.1, 0.15) is 11.2 Å². The summed E-state index contributed by atoms with van der Waals surface area (Å²) < 4.78 is 11.0. The van der Waals surface area contributed by atoms with Crippen molar-refractivity contribution in [1.29, 1.82) is 0 Å². The third-order valence-electron chi connectivity index (χ3n) is 4.65. The van der Waals surface area contributed by atoms with Crippen LogP contribution in [-0.2, 0) is 9.47 Å². The van der Waals surface area contributed by atoms with Crippen LogP contribution in [0.3, 0.4) is 0 Å². The van der Waals surface area contributed by atoms with Crippen LogP contribution in [0.5, 0.6) is 0 Å². The Hall–Kier alpha value is -3.88. The molecule has 35 heavy (non-hydrogen) atoms. The normalized spacial score (nSPS) is 13.9. The predicted octanol–water partition coefficient (Wildman–Crippen LogP) is 5.41. The van der Waals surface area contributed by atoms with Crippen molar-refractivity contribution >= 4 is 35.4 Å². The van der Waals surface area contributed by atoms with Gasteiger partial charge in [0.25, 0.3) is 5.91 Å².